The number of carbonyl (C=O) groups excluding carboxylic acids is 1. The summed E-state index contributed by atoms with van der Waals surface area (Å²) in [6, 6.07) is 15.2. The van der Waals surface area contributed by atoms with Gasteiger partial charge in [-0.25, -0.2) is 12.8 Å². The average Bonchev–Trinajstić information content (AvgIpc) is 3.08. The van der Waals surface area contributed by atoms with E-state index in [1.54, 1.807) is 24.3 Å². The highest BCUT2D eigenvalue weighted by Crippen LogP contribution is 2.22. The summed E-state index contributed by atoms with van der Waals surface area (Å²) < 4.78 is 41.8. The Morgan fingerprint density at radius 2 is 1.81 bits per heavy atom. The summed E-state index contributed by atoms with van der Waals surface area (Å²) >= 11 is 0. The van der Waals surface area contributed by atoms with E-state index >= 15 is 0 Å². The van der Waals surface area contributed by atoms with E-state index in [0.717, 1.165) is 11.8 Å². The number of furan rings is 1. The molecule has 0 aliphatic heterocycles. The molecule has 1 amide bonds. The van der Waals surface area contributed by atoms with E-state index in [0.29, 0.717) is 11.5 Å². The van der Waals surface area contributed by atoms with Crippen molar-refractivity contribution in [3.63, 3.8) is 0 Å². The summed E-state index contributed by atoms with van der Waals surface area (Å²) in [5, 5.41) is 2.68. The van der Waals surface area contributed by atoms with Crippen molar-refractivity contribution in [3.8, 4) is 11.3 Å². The molecule has 134 valence electrons. The van der Waals surface area contributed by atoms with Crippen LogP contribution in [0, 0.1) is 5.82 Å². The topological polar surface area (TPSA) is 76.4 Å². The van der Waals surface area contributed by atoms with Crippen molar-refractivity contribution in [2.75, 3.05) is 6.26 Å². The molecule has 0 aliphatic rings. The van der Waals surface area contributed by atoms with Gasteiger partial charge in [-0.05, 0) is 54.6 Å². The van der Waals surface area contributed by atoms with E-state index in [4.69, 9.17) is 4.42 Å². The zero-order valence-electron chi connectivity index (χ0n) is 13.9. The van der Waals surface area contributed by atoms with Crippen molar-refractivity contribution in [1.29, 1.82) is 0 Å². The molecular formula is C19H16FNO4S. The summed E-state index contributed by atoms with van der Waals surface area (Å²) in [7, 11) is -3.38. The van der Waals surface area contributed by atoms with Gasteiger partial charge >= 0.3 is 0 Å². The molecule has 5 nitrogen and oxygen atoms in total. The zero-order chi connectivity index (χ0) is 18.7. The third-order valence-electron chi connectivity index (χ3n) is 3.74. The van der Waals surface area contributed by atoms with Gasteiger partial charge in [0.1, 0.15) is 17.3 Å². The van der Waals surface area contributed by atoms with Crippen LogP contribution in [0.25, 0.3) is 11.3 Å². The number of amides is 1. The lowest BCUT2D eigenvalue weighted by Gasteiger charge is -2.05. The molecule has 0 radical (unpaired) electrons. The molecule has 0 fully saturated rings. The van der Waals surface area contributed by atoms with Gasteiger partial charge in [0.2, 0.25) is 0 Å². The minimum atomic E-state index is -3.38. The molecule has 0 atom stereocenters. The van der Waals surface area contributed by atoms with E-state index in [-0.39, 0.29) is 22.8 Å². The molecule has 0 saturated heterocycles. The molecule has 7 heteroatoms. The minimum absolute atomic E-state index is 0.0849. The maximum Gasteiger partial charge on any atom is 0.251 e. The molecule has 0 spiro atoms. The second-order valence-corrected chi connectivity index (χ2v) is 7.77. The van der Waals surface area contributed by atoms with Crippen LogP contribution in [0.1, 0.15) is 16.1 Å². The lowest BCUT2D eigenvalue weighted by atomic mass is 10.2. The van der Waals surface area contributed by atoms with Gasteiger partial charge in [-0.3, -0.25) is 4.79 Å². The van der Waals surface area contributed by atoms with E-state index in [1.807, 2.05) is 0 Å². The van der Waals surface area contributed by atoms with Crippen molar-refractivity contribution < 1.29 is 22.0 Å². The maximum atomic E-state index is 13.0. The SMILES string of the molecule is CS(=O)(=O)c1cccc(C(=O)NCc2ccc(-c3ccc(F)cc3)o2)c1. The van der Waals surface area contributed by atoms with Crippen LogP contribution in [0.15, 0.2) is 70.0 Å². The number of halogens is 1. The molecule has 2 aromatic carbocycles. The van der Waals surface area contributed by atoms with Crippen LogP contribution in [-0.2, 0) is 16.4 Å². The number of hydrogen-bond acceptors (Lipinski definition) is 4. The lowest BCUT2D eigenvalue weighted by molar-refractivity contribution is 0.0948. The maximum absolute atomic E-state index is 13.0. The van der Waals surface area contributed by atoms with E-state index in [9.17, 15) is 17.6 Å². The van der Waals surface area contributed by atoms with Crippen LogP contribution in [0.3, 0.4) is 0 Å². The molecule has 0 bridgehead atoms. The fourth-order valence-corrected chi connectivity index (χ4v) is 3.05. The predicted molar refractivity (Wildman–Crippen MR) is 94.8 cm³/mol. The fraction of sp³-hybridized carbons (Fsp3) is 0.105. The normalized spacial score (nSPS) is 11.3. The van der Waals surface area contributed by atoms with Gasteiger partial charge in [-0.15, -0.1) is 0 Å². The summed E-state index contributed by atoms with van der Waals surface area (Å²) in [4.78, 5) is 12.3. The number of hydrogen-bond donors (Lipinski definition) is 1. The van der Waals surface area contributed by atoms with Crippen molar-refractivity contribution in [3.05, 3.63) is 77.8 Å². The monoisotopic (exact) mass is 373 g/mol. The Hall–Kier alpha value is -2.93. The first-order valence-electron chi connectivity index (χ1n) is 7.76. The van der Waals surface area contributed by atoms with Gasteiger partial charge in [0.15, 0.2) is 9.84 Å². The molecule has 1 N–H and O–H groups in total. The smallest absolute Gasteiger partial charge is 0.251 e. The Morgan fingerprint density at radius 1 is 1.08 bits per heavy atom. The van der Waals surface area contributed by atoms with Gasteiger partial charge in [-0.2, -0.15) is 0 Å². The van der Waals surface area contributed by atoms with Gasteiger partial charge in [0.05, 0.1) is 11.4 Å². The first-order valence-corrected chi connectivity index (χ1v) is 9.65. The van der Waals surface area contributed by atoms with E-state index in [2.05, 4.69) is 5.32 Å². The molecule has 1 aromatic heterocycles. The molecule has 3 rings (SSSR count). The Balaban J connectivity index is 1.68. The largest absolute Gasteiger partial charge is 0.459 e. The third kappa shape index (κ3) is 4.18. The molecule has 3 aromatic rings. The fourth-order valence-electron chi connectivity index (χ4n) is 2.38. The first-order chi connectivity index (χ1) is 12.3. The second-order valence-electron chi connectivity index (χ2n) is 5.76. The van der Waals surface area contributed by atoms with Gasteiger partial charge in [0.25, 0.3) is 5.91 Å². The predicted octanol–water partition coefficient (Wildman–Crippen LogP) is 3.42. The van der Waals surface area contributed by atoms with Gasteiger partial charge in [-0.1, -0.05) is 6.07 Å². The van der Waals surface area contributed by atoms with Crippen molar-refractivity contribution in [2.24, 2.45) is 0 Å². The number of rotatable bonds is 5. The van der Waals surface area contributed by atoms with Crippen molar-refractivity contribution in [2.45, 2.75) is 11.4 Å². The molecule has 0 unspecified atom stereocenters. The average molecular weight is 373 g/mol. The summed E-state index contributed by atoms with van der Waals surface area (Å²) in [6.45, 7) is 0.142. The Kier molecular flexibility index (Phi) is 4.90. The Bertz CT molecular complexity index is 1040. The number of carbonyl (C=O) groups is 1. The molecule has 0 aliphatic carbocycles. The van der Waals surface area contributed by atoms with Crippen LogP contribution < -0.4 is 5.32 Å². The highest BCUT2D eigenvalue weighted by molar-refractivity contribution is 7.90. The lowest BCUT2D eigenvalue weighted by Crippen LogP contribution is -2.22. The summed E-state index contributed by atoms with van der Waals surface area (Å²) in [5.74, 6) is 0.351. The van der Waals surface area contributed by atoms with E-state index < -0.39 is 15.7 Å². The van der Waals surface area contributed by atoms with Crippen molar-refractivity contribution >= 4 is 15.7 Å². The highest BCUT2D eigenvalue weighted by Gasteiger charge is 2.12. The number of benzene rings is 2. The third-order valence-corrected chi connectivity index (χ3v) is 4.85. The van der Waals surface area contributed by atoms with Gasteiger partial charge < -0.3 is 9.73 Å². The molecular weight excluding hydrogens is 357 g/mol. The standard InChI is InChI=1S/C19H16FNO4S/c1-26(23,24)17-4-2-3-14(11-17)19(22)21-12-16-9-10-18(25-16)13-5-7-15(20)8-6-13/h2-11H,12H2,1H3,(H,21,22). The molecule has 26 heavy (non-hydrogen) atoms. The minimum Gasteiger partial charge on any atom is -0.459 e. The van der Waals surface area contributed by atoms with Gasteiger partial charge in [0, 0.05) is 17.4 Å². The summed E-state index contributed by atoms with van der Waals surface area (Å²) in [6.07, 6.45) is 1.09. The summed E-state index contributed by atoms with van der Waals surface area (Å²) in [5.41, 5.74) is 0.975. The highest BCUT2D eigenvalue weighted by atomic mass is 32.2. The Morgan fingerprint density at radius 3 is 2.50 bits per heavy atom. The van der Waals surface area contributed by atoms with E-state index in [1.165, 1.54) is 36.4 Å². The second kappa shape index (κ2) is 7.13. The molecule has 1 heterocycles. The van der Waals surface area contributed by atoms with Crippen LogP contribution in [0.2, 0.25) is 0 Å². The van der Waals surface area contributed by atoms with Crippen LogP contribution >= 0.6 is 0 Å². The zero-order valence-corrected chi connectivity index (χ0v) is 14.7. The van der Waals surface area contributed by atoms with Crippen LogP contribution in [0.5, 0.6) is 0 Å². The first kappa shape index (κ1) is 17.9. The van der Waals surface area contributed by atoms with Crippen LogP contribution in [-0.4, -0.2) is 20.6 Å². The number of sulfone groups is 1. The Labute approximate surface area is 150 Å². The number of nitrogens with one attached hydrogen (secondary N) is 1. The molecule has 0 saturated carbocycles. The quantitative estimate of drug-likeness (QED) is 0.743. The van der Waals surface area contributed by atoms with Crippen LogP contribution in [0.4, 0.5) is 4.39 Å². The van der Waals surface area contributed by atoms with Crippen molar-refractivity contribution in [1.82, 2.24) is 5.32 Å².